The van der Waals surface area contributed by atoms with Gasteiger partial charge in [0.1, 0.15) is 0 Å². The van der Waals surface area contributed by atoms with Gasteiger partial charge in [0, 0.05) is 6.20 Å². The minimum absolute atomic E-state index is 0.473. The van der Waals surface area contributed by atoms with Gasteiger partial charge in [-0.2, -0.15) is 5.10 Å². The van der Waals surface area contributed by atoms with Gasteiger partial charge in [-0.05, 0) is 25.8 Å². The van der Waals surface area contributed by atoms with E-state index in [1.54, 1.807) is 4.68 Å². The second-order valence-electron chi connectivity index (χ2n) is 4.48. The van der Waals surface area contributed by atoms with Crippen molar-refractivity contribution < 1.29 is 0 Å². The molecule has 0 unspecified atom stereocenters. The third-order valence-electron chi connectivity index (χ3n) is 3.31. The Bertz CT molecular complexity index is 508. The average molecular weight is 248 g/mol. The number of aromatic nitrogens is 5. The summed E-state index contributed by atoms with van der Waals surface area (Å²) >= 11 is 0. The predicted molar refractivity (Wildman–Crippen MR) is 70.1 cm³/mol. The molecule has 0 saturated heterocycles. The number of hydrogen-bond acceptors (Lipinski definition) is 4. The second-order valence-corrected chi connectivity index (χ2v) is 4.48. The molecule has 98 valence electrons. The van der Waals surface area contributed by atoms with Gasteiger partial charge in [0.15, 0.2) is 5.82 Å². The van der Waals surface area contributed by atoms with Gasteiger partial charge in [0.25, 0.3) is 0 Å². The Balaban J connectivity index is 2.13. The van der Waals surface area contributed by atoms with E-state index in [9.17, 15) is 0 Å². The highest BCUT2D eigenvalue weighted by Crippen LogP contribution is 2.15. The number of nitrogens with two attached hydrogens (primary N) is 1. The van der Waals surface area contributed by atoms with Crippen LogP contribution in [0.1, 0.15) is 44.1 Å². The highest BCUT2D eigenvalue weighted by atomic mass is 15.4. The van der Waals surface area contributed by atoms with Crippen molar-refractivity contribution in [3.05, 3.63) is 23.7 Å². The lowest BCUT2D eigenvalue weighted by atomic mass is 10.2. The van der Waals surface area contributed by atoms with Crippen LogP contribution >= 0.6 is 0 Å². The monoisotopic (exact) mass is 248 g/mol. The third-order valence-corrected chi connectivity index (χ3v) is 3.31. The lowest BCUT2D eigenvalue weighted by Crippen LogP contribution is -2.10. The molecule has 0 aromatic carbocycles. The second kappa shape index (κ2) is 5.20. The van der Waals surface area contributed by atoms with Crippen LogP contribution < -0.4 is 5.73 Å². The first-order chi connectivity index (χ1) is 8.65. The van der Waals surface area contributed by atoms with Gasteiger partial charge in [0.2, 0.25) is 0 Å². The molecule has 0 fully saturated rings. The Kier molecular flexibility index (Phi) is 3.64. The minimum Gasteiger partial charge on any atom is -0.381 e. The van der Waals surface area contributed by atoms with E-state index in [2.05, 4.69) is 29.3 Å². The Labute approximate surface area is 107 Å². The Morgan fingerprint density at radius 2 is 2.06 bits per heavy atom. The maximum absolute atomic E-state index is 5.67. The Hall–Kier alpha value is -1.85. The van der Waals surface area contributed by atoms with Crippen LogP contribution in [0.15, 0.2) is 12.3 Å². The highest BCUT2D eigenvalue weighted by molar-refractivity contribution is 5.31. The maximum Gasteiger partial charge on any atom is 0.168 e. The summed E-state index contributed by atoms with van der Waals surface area (Å²) in [6.45, 7) is 6.88. The van der Waals surface area contributed by atoms with Crippen molar-refractivity contribution in [2.45, 2.75) is 46.2 Å². The van der Waals surface area contributed by atoms with Crippen molar-refractivity contribution in [1.29, 1.82) is 0 Å². The number of rotatable bonds is 5. The molecule has 0 bridgehead atoms. The first kappa shape index (κ1) is 12.6. The molecule has 2 heterocycles. The molecule has 0 aliphatic rings. The Morgan fingerprint density at radius 3 is 2.61 bits per heavy atom. The molecule has 6 nitrogen and oxygen atoms in total. The van der Waals surface area contributed by atoms with Crippen LogP contribution in [0.5, 0.6) is 0 Å². The zero-order chi connectivity index (χ0) is 13.1. The van der Waals surface area contributed by atoms with Crippen LogP contribution in [-0.4, -0.2) is 24.8 Å². The highest BCUT2D eigenvalue weighted by Gasteiger charge is 2.10. The molecule has 0 radical (unpaired) electrons. The van der Waals surface area contributed by atoms with E-state index >= 15 is 0 Å². The number of anilines is 1. The zero-order valence-electron chi connectivity index (χ0n) is 11.2. The summed E-state index contributed by atoms with van der Waals surface area (Å²) in [6, 6.07) is 2.50. The number of nitrogens with zero attached hydrogens (tertiary/aromatic N) is 5. The number of hydrogen-bond donors (Lipinski definition) is 1. The molecule has 0 saturated carbocycles. The summed E-state index contributed by atoms with van der Waals surface area (Å²) < 4.78 is 3.81. The Morgan fingerprint density at radius 1 is 1.33 bits per heavy atom. The molecule has 18 heavy (non-hydrogen) atoms. The molecule has 2 N–H and O–H groups in total. The first-order valence-electron chi connectivity index (χ1n) is 6.35. The molecule has 6 heteroatoms. The molecule has 2 aromatic heterocycles. The topological polar surface area (TPSA) is 74.5 Å². The van der Waals surface area contributed by atoms with E-state index in [1.807, 2.05) is 23.9 Å². The molecule has 0 aliphatic carbocycles. The minimum atomic E-state index is 0.473. The van der Waals surface area contributed by atoms with Crippen molar-refractivity contribution >= 4 is 5.82 Å². The van der Waals surface area contributed by atoms with E-state index in [1.165, 1.54) is 0 Å². The van der Waals surface area contributed by atoms with E-state index in [-0.39, 0.29) is 0 Å². The van der Waals surface area contributed by atoms with Gasteiger partial charge in [-0.25, -0.2) is 4.68 Å². The maximum atomic E-state index is 5.67. The SMILES string of the molecule is CCC(CC)n1ccc(Cn2nnc(N)c2C)n1. The van der Waals surface area contributed by atoms with Gasteiger partial charge in [-0.15, -0.1) is 5.10 Å². The van der Waals surface area contributed by atoms with Crippen LogP contribution in [0, 0.1) is 6.92 Å². The van der Waals surface area contributed by atoms with E-state index in [4.69, 9.17) is 5.73 Å². The van der Waals surface area contributed by atoms with Crippen LogP contribution in [0.3, 0.4) is 0 Å². The van der Waals surface area contributed by atoms with Crippen LogP contribution in [0.4, 0.5) is 5.82 Å². The van der Waals surface area contributed by atoms with Crippen molar-refractivity contribution in [2.24, 2.45) is 0 Å². The fourth-order valence-electron chi connectivity index (χ4n) is 2.01. The summed E-state index contributed by atoms with van der Waals surface area (Å²) in [5, 5.41) is 12.4. The fourth-order valence-corrected chi connectivity index (χ4v) is 2.01. The zero-order valence-corrected chi connectivity index (χ0v) is 11.2. The van der Waals surface area contributed by atoms with E-state index < -0.39 is 0 Å². The quantitative estimate of drug-likeness (QED) is 0.875. The lowest BCUT2D eigenvalue weighted by Gasteiger charge is -2.12. The summed E-state index contributed by atoms with van der Waals surface area (Å²) in [6.07, 6.45) is 4.21. The van der Waals surface area contributed by atoms with E-state index in [0.29, 0.717) is 18.4 Å². The van der Waals surface area contributed by atoms with Crippen molar-refractivity contribution in [1.82, 2.24) is 24.8 Å². The molecular formula is C12H20N6. The largest absolute Gasteiger partial charge is 0.381 e. The van der Waals surface area contributed by atoms with Crippen molar-refractivity contribution in [3.8, 4) is 0 Å². The summed E-state index contributed by atoms with van der Waals surface area (Å²) in [5.41, 5.74) is 7.53. The van der Waals surface area contributed by atoms with Gasteiger partial charge < -0.3 is 5.73 Å². The fraction of sp³-hybridized carbons (Fsp3) is 0.583. The van der Waals surface area contributed by atoms with Crippen LogP contribution in [0.2, 0.25) is 0 Å². The molecule has 0 aliphatic heterocycles. The summed E-state index contributed by atoms with van der Waals surface area (Å²) in [5.74, 6) is 0.481. The van der Waals surface area contributed by atoms with E-state index in [0.717, 1.165) is 24.2 Å². The molecular weight excluding hydrogens is 228 g/mol. The standard InChI is InChI=1S/C12H20N6/c1-4-11(5-2)17-7-6-10(15-17)8-18-9(3)12(13)14-16-18/h6-7,11H,4-5,8,13H2,1-3H3. The average Bonchev–Trinajstić information content (AvgIpc) is 2.94. The molecule has 2 rings (SSSR count). The van der Waals surface area contributed by atoms with Gasteiger partial charge in [-0.1, -0.05) is 19.1 Å². The van der Waals surface area contributed by atoms with Gasteiger partial charge >= 0.3 is 0 Å². The van der Waals surface area contributed by atoms with Crippen LogP contribution in [-0.2, 0) is 6.54 Å². The van der Waals surface area contributed by atoms with Crippen LogP contribution in [0.25, 0.3) is 0 Å². The number of nitrogen functional groups attached to an aromatic ring is 1. The van der Waals surface area contributed by atoms with Gasteiger partial charge in [0.05, 0.1) is 24.0 Å². The predicted octanol–water partition coefficient (Wildman–Crippen LogP) is 1.77. The third kappa shape index (κ3) is 2.37. The molecule has 0 spiro atoms. The smallest absolute Gasteiger partial charge is 0.168 e. The molecule has 0 atom stereocenters. The molecule has 0 amide bonds. The first-order valence-corrected chi connectivity index (χ1v) is 6.35. The van der Waals surface area contributed by atoms with Crippen molar-refractivity contribution in [2.75, 3.05) is 5.73 Å². The van der Waals surface area contributed by atoms with Crippen molar-refractivity contribution in [3.63, 3.8) is 0 Å². The molecule has 2 aromatic rings. The lowest BCUT2D eigenvalue weighted by molar-refractivity contribution is 0.423. The normalized spacial score (nSPS) is 11.3. The summed E-state index contributed by atoms with van der Waals surface area (Å²) in [4.78, 5) is 0. The van der Waals surface area contributed by atoms with Gasteiger partial charge in [-0.3, -0.25) is 4.68 Å². The summed E-state index contributed by atoms with van der Waals surface area (Å²) in [7, 11) is 0.